The zero-order valence-electron chi connectivity index (χ0n) is 15.5. The molecule has 1 aliphatic heterocycles. The third-order valence-electron chi connectivity index (χ3n) is 4.70. The normalized spacial score (nSPS) is 21.5. The van der Waals surface area contributed by atoms with Gasteiger partial charge in [0.15, 0.2) is 0 Å². The minimum Gasteiger partial charge on any atom is -0.496 e. The highest BCUT2D eigenvalue weighted by molar-refractivity contribution is 5.99. The first kappa shape index (κ1) is 19.2. The topological polar surface area (TPSA) is 79.5 Å². The lowest BCUT2D eigenvalue weighted by Gasteiger charge is -2.32. The van der Waals surface area contributed by atoms with Crippen LogP contribution in [-0.2, 0) is 4.79 Å². The number of hydrogen-bond acceptors (Lipinski definition) is 4. The molecule has 3 unspecified atom stereocenters. The van der Waals surface area contributed by atoms with Crippen molar-refractivity contribution in [2.45, 2.75) is 39.3 Å². The van der Waals surface area contributed by atoms with Crippen molar-refractivity contribution in [2.75, 3.05) is 20.2 Å². The second kappa shape index (κ2) is 8.85. The van der Waals surface area contributed by atoms with Crippen molar-refractivity contribution in [1.29, 1.82) is 0 Å². The van der Waals surface area contributed by atoms with Crippen molar-refractivity contribution in [2.24, 2.45) is 11.8 Å². The van der Waals surface area contributed by atoms with Gasteiger partial charge in [-0.2, -0.15) is 0 Å². The van der Waals surface area contributed by atoms with E-state index in [-0.39, 0.29) is 23.8 Å². The largest absolute Gasteiger partial charge is 0.496 e. The SMILES string of the molecule is COc1ccccc1C(=O)NC(C(=O)NC1CCNCC1C)C(C)C. The van der Waals surface area contributed by atoms with E-state index in [2.05, 4.69) is 22.9 Å². The summed E-state index contributed by atoms with van der Waals surface area (Å²) in [6.45, 7) is 7.77. The first-order valence-corrected chi connectivity index (χ1v) is 8.89. The van der Waals surface area contributed by atoms with Crippen LogP contribution in [0.2, 0.25) is 0 Å². The van der Waals surface area contributed by atoms with Crippen molar-refractivity contribution in [3.63, 3.8) is 0 Å². The maximum atomic E-state index is 12.7. The Bertz CT molecular complexity index is 603. The summed E-state index contributed by atoms with van der Waals surface area (Å²) in [4.78, 5) is 25.4. The number of carbonyl (C=O) groups excluding carboxylic acids is 2. The fourth-order valence-corrected chi connectivity index (χ4v) is 3.09. The fraction of sp³-hybridized carbons (Fsp3) is 0.579. The standard InChI is InChI=1S/C19H29N3O3/c1-12(2)17(19(24)21-15-9-10-20-11-13(15)3)22-18(23)14-7-5-6-8-16(14)25-4/h5-8,12-13,15,17,20H,9-11H2,1-4H3,(H,21,24)(H,22,23). The molecule has 2 amide bonds. The lowest BCUT2D eigenvalue weighted by Crippen LogP contribution is -2.55. The van der Waals surface area contributed by atoms with Crippen LogP contribution in [0.5, 0.6) is 5.75 Å². The molecule has 1 saturated heterocycles. The fourth-order valence-electron chi connectivity index (χ4n) is 3.09. The molecule has 1 aromatic rings. The second-order valence-electron chi connectivity index (χ2n) is 6.98. The summed E-state index contributed by atoms with van der Waals surface area (Å²) < 4.78 is 5.24. The molecule has 138 valence electrons. The van der Waals surface area contributed by atoms with Gasteiger partial charge in [-0.1, -0.05) is 32.9 Å². The molecule has 0 radical (unpaired) electrons. The lowest BCUT2D eigenvalue weighted by molar-refractivity contribution is -0.125. The number of para-hydroxylation sites is 1. The van der Waals surface area contributed by atoms with Crippen molar-refractivity contribution in [3.8, 4) is 5.75 Å². The molecule has 1 aromatic carbocycles. The molecular formula is C19H29N3O3. The summed E-state index contributed by atoms with van der Waals surface area (Å²) in [5.41, 5.74) is 0.429. The summed E-state index contributed by atoms with van der Waals surface area (Å²) in [5, 5.41) is 9.30. The van der Waals surface area contributed by atoms with Crippen LogP contribution < -0.4 is 20.7 Å². The van der Waals surface area contributed by atoms with E-state index in [0.717, 1.165) is 19.5 Å². The Morgan fingerprint density at radius 1 is 1.28 bits per heavy atom. The van der Waals surface area contributed by atoms with Crippen LogP contribution in [0.15, 0.2) is 24.3 Å². The van der Waals surface area contributed by atoms with Crippen LogP contribution in [0.4, 0.5) is 0 Å². The average Bonchev–Trinajstić information content (AvgIpc) is 2.60. The van der Waals surface area contributed by atoms with Gasteiger partial charge in [-0.05, 0) is 43.5 Å². The Morgan fingerprint density at radius 3 is 2.64 bits per heavy atom. The minimum absolute atomic E-state index is 0.0179. The molecule has 0 spiro atoms. The van der Waals surface area contributed by atoms with Gasteiger partial charge in [-0.3, -0.25) is 9.59 Å². The van der Waals surface area contributed by atoms with Gasteiger partial charge >= 0.3 is 0 Å². The van der Waals surface area contributed by atoms with Crippen LogP contribution in [0.3, 0.4) is 0 Å². The monoisotopic (exact) mass is 347 g/mol. The Balaban J connectivity index is 2.07. The van der Waals surface area contributed by atoms with E-state index < -0.39 is 6.04 Å². The molecule has 0 saturated carbocycles. The smallest absolute Gasteiger partial charge is 0.255 e. The molecule has 2 rings (SSSR count). The molecule has 3 atom stereocenters. The van der Waals surface area contributed by atoms with Gasteiger partial charge in [0.1, 0.15) is 11.8 Å². The van der Waals surface area contributed by atoms with Gasteiger partial charge in [-0.25, -0.2) is 0 Å². The predicted octanol–water partition coefficient (Wildman–Crippen LogP) is 1.56. The van der Waals surface area contributed by atoms with Crippen LogP contribution in [-0.4, -0.2) is 44.1 Å². The third-order valence-corrected chi connectivity index (χ3v) is 4.70. The summed E-state index contributed by atoms with van der Waals surface area (Å²) in [5.74, 6) is 0.419. The number of methoxy groups -OCH3 is 1. The van der Waals surface area contributed by atoms with Crippen LogP contribution in [0.25, 0.3) is 0 Å². The summed E-state index contributed by atoms with van der Waals surface area (Å²) in [7, 11) is 1.53. The quantitative estimate of drug-likeness (QED) is 0.730. The highest BCUT2D eigenvalue weighted by Gasteiger charge is 2.29. The number of rotatable bonds is 6. The van der Waals surface area contributed by atoms with E-state index >= 15 is 0 Å². The number of nitrogens with one attached hydrogen (secondary N) is 3. The van der Waals surface area contributed by atoms with E-state index in [1.165, 1.54) is 7.11 Å². The molecule has 0 aliphatic carbocycles. The number of hydrogen-bond donors (Lipinski definition) is 3. The van der Waals surface area contributed by atoms with Crippen molar-refractivity contribution in [3.05, 3.63) is 29.8 Å². The van der Waals surface area contributed by atoms with Gasteiger partial charge in [0.05, 0.1) is 12.7 Å². The van der Waals surface area contributed by atoms with Gasteiger partial charge in [0.25, 0.3) is 5.91 Å². The number of amides is 2. The number of carbonyl (C=O) groups is 2. The molecule has 6 nitrogen and oxygen atoms in total. The van der Waals surface area contributed by atoms with Gasteiger partial charge < -0.3 is 20.7 Å². The van der Waals surface area contributed by atoms with E-state index in [1.54, 1.807) is 24.3 Å². The Morgan fingerprint density at radius 2 is 2.00 bits per heavy atom. The summed E-state index contributed by atoms with van der Waals surface area (Å²) in [6, 6.07) is 6.56. The molecule has 6 heteroatoms. The van der Waals surface area contributed by atoms with Crippen LogP contribution in [0.1, 0.15) is 37.6 Å². The predicted molar refractivity (Wildman–Crippen MR) is 97.7 cm³/mol. The van der Waals surface area contributed by atoms with E-state index in [0.29, 0.717) is 17.2 Å². The van der Waals surface area contributed by atoms with Gasteiger partial charge in [-0.15, -0.1) is 0 Å². The van der Waals surface area contributed by atoms with Crippen LogP contribution >= 0.6 is 0 Å². The zero-order valence-corrected chi connectivity index (χ0v) is 15.5. The Kier molecular flexibility index (Phi) is 6.82. The van der Waals surface area contributed by atoms with E-state index in [9.17, 15) is 9.59 Å². The number of piperidine rings is 1. The molecule has 1 fully saturated rings. The van der Waals surface area contributed by atoms with Gasteiger partial charge in [0.2, 0.25) is 5.91 Å². The first-order valence-electron chi connectivity index (χ1n) is 8.89. The van der Waals surface area contributed by atoms with Gasteiger partial charge in [0, 0.05) is 6.04 Å². The molecule has 3 N–H and O–H groups in total. The van der Waals surface area contributed by atoms with Crippen molar-refractivity contribution >= 4 is 11.8 Å². The van der Waals surface area contributed by atoms with Crippen molar-refractivity contribution < 1.29 is 14.3 Å². The number of ether oxygens (including phenoxy) is 1. The second-order valence-corrected chi connectivity index (χ2v) is 6.98. The molecule has 1 aliphatic rings. The maximum Gasteiger partial charge on any atom is 0.255 e. The first-order chi connectivity index (χ1) is 11.9. The highest BCUT2D eigenvalue weighted by atomic mass is 16.5. The molecule has 25 heavy (non-hydrogen) atoms. The Hall–Kier alpha value is -2.08. The Labute approximate surface area is 149 Å². The van der Waals surface area contributed by atoms with Crippen molar-refractivity contribution in [1.82, 2.24) is 16.0 Å². The maximum absolute atomic E-state index is 12.7. The van der Waals surface area contributed by atoms with E-state index in [1.807, 2.05) is 13.8 Å². The number of benzene rings is 1. The molecule has 0 bridgehead atoms. The van der Waals surface area contributed by atoms with Crippen LogP contribution in [0, 0.1) is 11.8 Å². The molecular weight excluding hydrogens is 318 g/mol. The molecule has 0 aromatic heterocycles. The average molecular weight is 347 g/mol. The summed E-state index contributed by atoms with van der Waals surface area (Å²) >= 11 is 0. The van der Waals surface area contributed by atoms with E-state index in [4.69, 9.17) is 4.74 Å². The lowest BCUT2D eigenvalue weighted by atomic mass is 9.94. The molecule has 1 heterocycles. The zero-order chi connectivity index (χ0) is 18.4. The highest BCUT2D eigenvalue weighted by Crippen LogP contribution is 2.18. The third kappa shape index (κ3) is 4.95. The minimum atomic E-state index is -0.584. The summed E-state index contributed by atoms with van der Waals surface area (Å²) in [6.07, 6.45) is 0.901.